The van der Waals surface area contributed by atoms with Gasteiger partial charge in [0.25, 0.3) is 0 Å². The van der Waals surface area contributed by atoms with Gasteiger partial charge in [-0.05, 0) is 121 Å². The molecule has 0 radical (unpaired) electrons. The first-order valence-corrected chi connectivity index (χ1v) is 30.8. The highest BCUT2D eigenvalue weighted by molar-refractivity contribution is 6.42. The maximum Gasteiger partial charge on any atom is 0.421 e. The summed E-state index contributed by atoms with van der Waals surface area (Å²) >= 11 is 31.6. The highest BCUT2D eigenvalue weighted by Gasteiger charge is 2.24. The highest BCUT2D eigenvalue weighted by Crippen LogP contribution is 2.36. The van der Waals surface area contributed by atoms with Crippen LogP contribution in [0.15, 0.2) is 111 Å². The number of carbonyl (C=O) groups excluding carboxylic acids is 3. The summed E-state index contributed by atoms with van der Waals surface area (Å²) in [5, 5.41) is 25.5. The normalized spacial score (nSPS) is 12.3. The fraction of sp³-hybridized carbons (Fsp3) is 0.286. The number of ketones is 2. The summed E-state index contributed by atoms with van der Waals surface area (Å²) in [7, 11) is 0. The molecule has 0 aliphatic heterocycles. The average molecular weight is 1350 g/mol. The van der Waals surface area contributed by atoms with E-state index in [1.165, 1.54) is 36.8 Å². The van der Waals surface area contributed by atoms with Crippen molar-refractivity contribution in [2.45, 2.75) is 105 Å². The summed E-state index contributed by atoms with van der Waals surface area (Å²) in [5.41, 5.74) is 5.10. The molecule has 12 aromatic rings. The molecule has 24 nitrogen and oxygen atoms in total. The second-order valence-electron chi connectivity index (χ2n) is 22.0. The number of aromatic amines is 2. The molecule has 29 heteroatoms. The number of imidazole rings is 3. The number of Topliss-reactive ketones (excluding diaryl/α,β-unsaturated/α-hetero) is 2. The summed E-state index contributed by atoms with van der Waals surface area (Å²) in [6.07, 6.45) is 10.5. The third-order valence-electron chi connectivity index (χ3n) is 13.7. The van der Waals surface area contributed by atoms with Crippen molar-refractivity contribution in [3.8, 4) is 5.88 Å². The molecule has 0 unspecified atom stereocenters. The Hall–Kier alpha value is -9.04. The van der Waals surface area contributed by atoms with E-state index in [0.717, 1.165) is 49.4 Å². The lowest BCUT2D eigenvalue weighted by atomic mass is 10.1. The van der Waals surface area contributed by atoms with Gasteiger partial charge in [-0.2, -0.15) is 0 Å². The first-order valence-electron chi connectivity index (χ1n) is 28.9. The molecule has 9 aromatic heterocycles. The maximum atomic E-state index is 12.5. The number of nitrogens with one attached hydrogen (secondary N) is 5. The summed E-state index contributed by atoms with van der Waals surface area (Å²) in [6.45, 7) is 14.9. The number of hydrogen-bond donors (Lipinski definition) is 6. The summed E-state index contributed by atoms with van der Waals surface area (Å²) in [4.78, 5) is 91.4. The van der Waals surface area contributed by atoms with Crippen LogP contribution in [0.25, 0.3) is 65.8 Å². The van der Waals surface area contributed by atoms with Gasteiger partial charge in [0.2, 0.25) is 5.88 Å². The van der Waals surface area contributed by atoms with E-state index in [4.69, 9.17) is 77.6 Å². The van der Waals surface area contributed by atoms with Crippen LogP contribution in [0.3, 0.4) is 0 Å². The Morgan fingerprint density at radius 2 is 1.02 bits per heavy atom. The molecule has 9 heterocycles. The van der Waals surface area contributed by atoms with Gasteiger partial charge >= 0.3 is 6.09 Å². The van der Waals surface area contributed by atoms with Gasteiger partial charge in [-0.3, -0.25) is 0 Å². The lowest BCUT2D eigenvalue weighted by molar-refractivity contribution is -0.118. The molecule has 3 aromatic carbocycles. The quantitative estimate of drug-likeness (QED) is 0.0364. The van der Waals surface area contributed by atoms with Crippen LogP contribution in [-0.4, -0.2) is 116 Å². The number of halogens is 5. The number of anilines is 3. The number of aliphatic hydroxyl groups is 1. The molecule has 476 valence electrons. The molecule has 0 aliphatic carbocycles. The van der Waals surface area contributed by atoms with Crippen LogP contribution >= 0.6 is 58.0 Å². The number of fused-ring (bicyclic) bond motifs is 6. The maximum absolute atomic E-state index is 12.5. The second-order valence-corrected chi connectivity index (χ2v) is 23.9. The van der Waals surface area contributed by atoms with Crippen molar-refractivity contribution in [2.24, 2.45) is 0 Å². The Morgan fingerprint density at radius 1 is 0.576 bits per heavy atom. The van der Waals surface area contributed by atoms with Crippen LogP contribution in [0, 0.1) is 0 Å². The molecule has 6 N–H and O–H groups in total. The number of aliphatic hydroxyl groups excluding tert-OH is 1. The van der Waals surface area contributed by atoms with Gasteiger partial charge in [0.05, 0.1) is 74.9 Å². The summed E-state index contributed by atoms with van der Waals surface area (Å²) < 4.78 is 12.6. The van der Waals surface area contributed by atoms with Gasteiger partial charge in [-0.1, -0.05) is 94.4 Å². The van der Waals surface area contributed by atoms with Crippen molar-refractivity contribution in [2.75, 3.05) is 29.2 Å². The van der Waals surface area contributed by atoms with Crippen molar-refractivity contribution in [3.63, 3.8) is 0 Å². The van der Waals surface area contributed by atoms with Crippen LogP contribution in [0.5, 0.6) is 5.88 Å². The molecule has 0 fully saturated rings. The monoisotopic (exact) mass is 1340 g/mol. The zero-order valence-corrected chi connectivity index (χ0v) is 54.8. The minimum atomic E-state index is -0.639. The van der Waals surface area contributed by atoms with Crippen LogP contribution in [0.4, 0.5) is 22.2 Å². The second kappa shape index (κ2) is 30.4. The van der Waals surface area contributed by atoms with Gasteiger partial charge in [0, 0.05) is 30.2 Å². The molecule has 0 bridgehead atoms. The Kier molecular flexibility index (Phi) is 22.2. The summed E-state index contributed by atoms with van der Waals surface area (Å²) in [6, 6.07) is 22.2. The number of aromatic nitrogens is 15. The number of nitrogens with zero attached hydrogens (tertiary/aromatic N) is 13. The Morgan fingerprint density at radius 3 is 1.50 bits per heavy atom. The summed E-state index contributed by atoms with van der Waals surface area (Å²) in [5.74, 6) is 2.50. The van der Waals surface area contributed by atoms with Crippen LogP contribution < -0.4 is 20.7 Å². The zero-order valence-electron chi connectivity index (χ0n) is 51.1. The fourth-order valence-electron chi connectivity index (χ4n) is 9.29. The van der Waals surface area contributed by atoms with Gasteiger partial charge < -0.3 is 50.1 Å². The van der Waals surface area contributed by atoms with Gasteiger partial charge in [-0.25, -0.2) is 69.2 Å². The van der Waals surface area contributed by atoms with Gasteiger partial charge in [-0.15, -0.1) is 0 Å². The number of carbonyl (C=O) groups is 3. The Labute approximate surface area is 552 Å². The molecule has 0 amide bonds. The lowest BCUT2D eigenvalue weighted by Gasteiger charge is -2.19. The predicted octanol–water partition coefficient (Wildman–Crippen LogP) is 14.8. The van der Waals surface area contributed by atoms with Crippen molar-refractivity contribution < 1.29 is 29.0 Å². The van der Waals surface area contributed by atoms with Gasteiger partial charge in [0.1, 0.15) is 63.8 Å². The van der Waals surface area contributed by atoms with Crippen molar-refractivity contribution in [1.29, 1.82) is 0 Å². The first-order chi connectivity index (χ1) is 44.1. The first kappa shape index (κ1) is 67.4. The standard InChI is InChI=1S/C21H20Cl2N6O2.C21H21ClN6O2.C16H12Cl2N6.C5H10O2/c1-11(14-8-12-6-5-7-13(22)15(12)17(23)28-14)27-18-16-19(25-9-24-18)29(10-26-16)20(30)31-21(2,3)4;1-12(29)5-4-8-30-21-17-14(6-3-7-15(17)22)9-16(28-21)13(2)27-20-18-19(24-10-23-18)25-11-26-20;1-8(23-16-13-15(20-6-19-13)21-7-22-16)11-5-9-3-2-4-10(17)12(9)14(18)24-11;1-5(7)3-2-4-6/h5-11H,1-4H3,(H,24,25,27);3,6-7,9-11,13H,4-5,8H2,1-2H3,(H2,23,24,25,26,27);2-8H,1H3,(H2,19,20,21,22,23);6H,2-4H2,1H3/t11-;13-;8-;/m000./s1. The Bertz CT molecular complexity index is 4620. The van der Waals surface area contributed by atoms with Gasteiger partial charge in [0.15, 0.2) is 39.9 Å². The molecular weight excluding hydrogens is 1280 g/mol. The van der Waals surface area contributed by atoms with Crippen LogP contribution in [-0.2, 0) is 14.3 Å². The molecule has 0 spiro atoms. The Balaban J connectivity index is 0.000000156. The molecule has 0 saturated carbocycles. The number of pyridine rings is 3. The number of benzene rings is 3. The van der Waals surface area contributed by atoms with E-state index < -0.39 is 11.7 Å². The number of rotatable bonds is 17. The molecule has 12 rings (SSSR count). The van der Waals surface area contributed by atoms with Crippen molar-refractivity contribution in [1.82, 2.24) is 74.3 Å². The van der Waals surface area contributed by atoms with E-state index in [9.17, 15) is 14.4 Å². The highest BCUT2D eigenvalue weighted by atomic mass is 35.5. The molecule has 92 heavy (non-hydrogen) atoms. The number of hydrogen-bond acceptors (Lipinski definition) is 21. The van der Waals surface area contributed by atoms with Crippen LogP contribution in [0.2, 0.25) is 25.4 Å². The smallest absolute Gasteiger partial charge is 0.421 e. The topological polar surface area (TPSA) is 317 Å². The number of ether oxygens (including phenoxy) is 2. The van der Waals surface area contributed by atoms with E-state index >= 15 is 0 Å². The van der Waals surface area contributed by atoms with E-state index in [2.05, 4.69) is 80.7 Å². The third-order valence-corrected chi connectivity index (χ3v) is 15.2. The zero-order chi connectivity index (χ0) is 65.8. The van der Waals surface area contributed by atoms with E-state index in [1.54, 1.807) is 52.5 Å². The molecular formula is C63H63Cl5N18O6. The minimum absolute atomic E-state index is 0.118. The largest absolute Gasteiger partial charge is 0.477 e. The van der Waals surface area contributed by atoms with Crippen molar-refractivity contribution in [3.05, 3.63) is 153 Å². The van der Waals surface area contributed by atoms with E-state index in [0.29, 0.717) is 115 Å². The molecule has 0 saturated heterocycles. The van der Waals surface area contributed by atoms with E-state index in [1.807, 2.05) is 81.4 Å². The number of H-pyrrole nitrogens is 2. The van der Waals surface area contributed by atoms with Crippen molar-refractivity contribution >= 4 is 159 Å². The molecule has 3 atom stereocenters. The minimum Gasteiger partial charge on any atom is -0.477 e. The third kappa shape index (κ3) is 16.7. The van der Waals surface area contributed by atoms with Crippen LogP contribution in [0.1, 0.15) is 116 Å². The SMILES string of the molecule is CC(=O)CCCO.CC(=O)CCCOc1nc([C@H](C)Nc2ncnc3nc[nH]c23)cc2cccc(Cl)c12.C[C@H](Nc1ncnc2c1ncn2C(=O)OC(C)(C)C)c1cc2cccc(Cl)c2c(Cl)n1.C[C@H](Nc1ncnc2nc[nH]c12)c1cc2cccc(Cl)c2c(Cl)n1. The van der Waals surface area contributed by atoms with E-state index in [-0.39, 0.29) is 36.3 Å². The predicted molar refractivity (Wildman–Crippen MR) is 359 cm³/mol. The average Bonchev–Trinajstić information content (AvgIpc) is 1.06. The lowest BCUT2D eigenvalue weighted by Crippen LogP contribution is -2.26. The fourth-order valence-corrected chi connectivity index (χ4v) is 10.8. The molecule has 0 aliphatic rings.